The third-order valence-electron chi connectivity index (χ3n) is 5.06. The van der Waals surface area contributed by atoms with Crippen molar-refractivity contribution in [3.63, 3.8) is 0 Å². The van der Waals surface area contributed by atoms with Gasteiger partial charge in [0.1, 0.15) is 9.84 Å². The molecule has 0 aromatic rings. The van der Waals surface area contributed by atoms with Crippen LogP contribution in [0.25, 0.3) is 0 Å². The molecule has 21 heavy (non-hydrogen) atoms. The van der Waals surface area contributed by atoms with Crippen molar-refractivity contribution in [3.05, 3.63) is 0 Å². The number of sulfone groups is 1. The van der Waals surface area contributed by atoms with Gasteiger partial charge < -0.3 is 10.6 Å². The van der Waals surface area contributed by atoms with Crippen LogP contribution in [-0.2, 0) is 9.84 Å². The number of hydrogen-bond donors (Lipinski definition) is 1. The lowest BCUT2D eigenvalue weighted by molar-refractivity contribution is 0.0789. The largest absolute Gasteiger partial charge is 0.330 e. The minimum absolute atomic E-state index is 0.112. The first-order chi connectivity index (χ1) is 10.0. The Labute approximate surface area is 129 Å². The van der Waals surface area contributed by atoms with Gasteiger partial charge in [-0.3, -0.25) is 4.90 Å². The summed E-state index contributed by atoms with van der Waals surface area (Å²) in [4.78, 5) is 5.04. The number of nitrogens with two attached hydrogens (primary N) is 1. The Morgan fingerprint density at radius 2 is 1.81 bits per heavy atom. The van der Waals surface area contributed by atoms with Crippen LogP contribution in [-0.4, -0.2) is 75.0 Å². The van der Waals surface area contributed by atoms with Crippen LogP contribution in [0.5, 0.6) is 0 Å². The zero-order valence-electron chi connectivity index (χ0n) is 13.3. The fraction of sp³-hybridized carbons (Fsp3) is 1.00. The fourth-order valence-electron chi connectivity index (χ4n) is 3.67. The molecular formula is C15H31N3O2S. The Morgan fingerprint density at radius 1 is 1.10 bits per heavy atom. The second-order valence-corrected chi connectivity index (χ2v) is 8.97. The highest BCUT2D eigenvalue weighted by Gasteiger charge is 2.32. The molecule has 2 rings (SSSR count). The van der Waals surface area contributed by atoms with E-state index >= 15 is 0 Å². The lowest BCUT2D eigenvalue weighted by atomic mass is 9.93. The van der Waals surface area contributed by atoms with Crippen molar-refractivity contribution < 1.29 is 8.42 Å². The molecule has 2 aliphatic rings. The van der Waals surface area contributed by atoms with Crippen LogP contribution in [0.1, 0.15) is 38.5 Å². The average Bonchev–Trinajstić information content (AvgIpc) is 2.47. The molecule has 1 saturated carbocycles. The first-order valence-corrected chi connectivity index (χ1v) is 10.3. The Hall–Kier alpha value is -0.170. The van der Waals surface area contributed by atoms with Gasteiger partial charge in [-0.1, -0.05) is 6.42 Å². The van der Waals surface area contributed by atoms with Crippen LogP contribution in [0.2, 0.25) is 0 Å². The van der Waals surface area contributed by atoms with Gasteiger partial charge in [-0.05, 0) is 45.2 Å². The fourth-order valence-corrected chi connectivity index (χ4v) is 4.84. The van der Waals surface area contributed by atoms with E-state index in [0.29, 0.717) is 6.04 Å². The van der Waals surface area contributed by atoms with E-state index in [1.807, 2.05) is 0 Å². The van der Waals surface area contributed by atoms with Crippen molar-refractivity contribution in [2.45, 2.75) is 49.8 Å². The third-order valence-corrected chi connectivity index (χ3v) is 6.69. The molecule has 0 radical (unpaired) electrons. The smallest absolute Gasteiger partial charge is 0.150 e. The lowest BCUT2D eigenvalue weighted by Gasteiger charge is -2.42. The van der Waals surface area contributed by atoms with E-state index in [-0.39, 0.29) is 5.25 Å². The summed E-state index contributed by atoms with van der Waals surface area (Å²) in [5.74, 6) is 0. The van der Waals surface area contributed by atoms with Crippen LogP contribution in [0, 0.1) is 0 Å². The summed E-state index contributed by atoms with van der Waals surface area (Å²) in [6.45, 7) is 6.35. The van der Waals surface area contributed by atoms with Crippen LogP contribution in [0.4, 0.5) is 0 Å². The van der Waals surface area contributed by atoms with Gasteiger partial charge in [0.05, 0.1) is 5.25 Å². The van der Waals surface area contributed by atoms with Crippen LogP contribution in [0.15, 0.2) is 0 Å². The molecule has 0 bridgehead atoms. The van der Waals surface area contributed by atoms with Crippen molar-refractivity contribution in [2.75, 3.05) is 45.5 Å². The first-order valence-electron chi connectivity index (χ1n) is 8.36. The highest BCUT2D eigenvalue weighted by Crippen LogP contribution is 2.28. The van der Waals surface area contributed by atoms with E-state index in [0.717, 1.165) is 65.0 Å². The number of unbranched alkanes of at least 4 members (excludes halogenated alkanes) is 1. The molecule has 0 aromatic carbocycles. The van der Waals surface area contributed by atoms with E-state index < -0.39 is 9.84 Å². The third kappa shape index (κ3) is 5.20. The predicted octanol–water partition coefficient (Wildman–Crippen LogP) is 0.699. The number of nitrogens with zero attached hydrogens (tertiary/aromatic N) is 2. The molecule has 1 aliphatic carbocycles. The second-order valence-electron chi connectivity index (χ2n) is 6.65. The highest BCUT2D eigenvalue weighted by molar-refractivity contribution is 7.91. The summed E-state index contributed by atoms with van der Waals surface area (Å²) in [6.07, 6.45) is 7.61. The van der Waals surface area contributed by atoms with Gasteiger partial charge >= 0.3 is 0 Å². The molecule has 0 spiro atoms. The van der Waals surface area contributed by atoms with Crippen LogP contribution in [0.3, 0.4) is 0 Å². The molecule has 2 atom stereocenters. The maximum Gasteiger partial charge on any atom is 0.150 e. The molecular weight excluding hydrogens is 286 g/mol. The molecule has 2 fully saturated rings. The van der Waals surface area contributed by atoms with Gasteiger partial charge in [0.15, 0.2) is 0 Å². The van der Waals surface area contributed by atoms with Gasteiger partial charge in [-0.2, -0.15) is 0 Å². The number of hydrogen-bond acceptors (Lipinski definition) is 5. The van der Waals surface area contributed by atoms with Crippen molar-refractivity contribution in [1.82, 2.24) is 9.80 Å². The molecule has 2 unspecified atom stereocenters. The van der Waals surface area contributed by atoms with Crippen molar-refractivity contribution in [2.24, 2.45) is 5.73 Å². The van der Waals surface area contributed by atoms with Gasteiger partial charge in [0.2, 0.25) is 0 Å². The topological polar surface area (TPSA) is 66.6 Å². The normalized spacial score (nSPS) is 29.6. The predicted molar refractivity (Wildman–Crippen MR) is 87.2 cm³/mol. The minimum Gasteiger partial charge on any atom is -0.330 e. The number of piperazine rings is 1. The van der Waals surface area contributed by atoms with Crippen LogP contribution >= 0.6 is 0 Å². The Kier molecular flexibility index (Phi) is 6.47. The van der Waals surface area contributed by atoms with Gasteiger partial charge in [-0.25, -0.2) is 8.42 Å². The molecule has 0 amide bonds. The van der Waals surface area contributed by atoms with Crippen molar-refractivity contribution in [1.29, 1.82) is 0 Å². The zero-order valence-corrected chi connectivity index (χ0v) is 14.2. The molecule has 1 saturated heterocycles. The van der Waals surface area contributed by atoms with Crippen LogP contribution < -0.4 is 5.73 Å². The van der Waals surface area contributed by atoms with Gasteiger partial charge in [0.25, 0.3) is 0 Å². The summed E-state index contributed by atoms with van der Waals surface area (Å²) < 4.78 is 23.6. The summed E-state index contributed by atoms with van der Waals surface area (Å²) in [7, 11) is -2.87. The van der Waals surface area contributed by atoms with E-state index in [1.165, 1.54) is 19.1 Å². The molecule has 6 heteroatoms. The van der Waals surface area contributed by atoms with Gasteiger partial charge in [-0.15, -0.1) is 0 Å². The molecule has 124 valence electrons. The quantitative estimate of drug-likeness (QED) is 0.731. The summed E-state index contributed by atoms with van der Waals surface area (Å²) in [5, 5.41) is -0.112. The number of rotatable bonds is 6. The minimum atomic E-state index is -2.87. The highest BCUT2D eigenvalue weighted by atomic mass is 32.2. The van der Waals surface area contributed by atoms with Gasteiger partial charge in [0, 0.05) is 38.5 Å². The van der Waals surface area contributed by atoms with E-state index in [4.69, 9.17) is 5.73 Å². The monoisotopic (exact) mass is 317 g/mol. The lowest BCUT2D eigenvalue weighted by Crippen LogP contribution is -2.52. The molecule has 5 nitrogen and oxygen atoms in total. The maximum absolute atomic E-state index is 11.8. The first kappa shape index (κ1) is 17.2. The molecule has 0 aromatic heterocycles. The SMILES string of the molecule is CS(=O)(=O)C1CCCC(N2CCN(CCCCN)CC2)C1. The standard InChI is InChI=1S/C15H31N3O2S/c1-21(19,20)15-6-4-5-14(13-15)18-11-9-17(10-12-18)8-3-2-7-16/h14-15H,2-13,16H2,1H3. The van der Waals surface area contributed by atoms with E-state index in [1.54, 1.807) is 0 Å². The summed E-state index contributed by atoms with van der Waals surface area (Å²) in [5.41, 5.74) is 5.54. The zero-order chi connectivity index (χ0) is 15.3. The second kappa shape index (κ2) is 7.90. The van der Waals surface area contributed by atoms with E-state index in [9.17, 15) is 8.42 Å². The Balaban J connectivity index is 1.76. The summed E-state index contributed by atoms with van der Waals surface area (Å²) in [6, 6.07) is 0.477. The molecule has 1 aliphatic heterocycles. The Bertz CT molecular complexity index is 405. The molecule has 2 N–H and O–H groups in total. The van der Waals surface area contributed by atoms with Crippen molar-refractivity contribution >= 4 is 9.84 Å². The summed E-state index contributed by atoms with van der Waals surface area (Å²) >= 11 is 0. The Morgan fingerprint density at radius 3 is 2.43 bits per heavy atom. The maximum atomic E-state index is 11.8. The molecule has 1 heterocycles. The van der Waals surface area contributed by atoms with E-state index in [2.05, 4.69) is 9.80 Å². The average molecular weight is 317 g/mol. The van der Waals surface area contributed by atoms with Crippen molar-refractivity contribution in [3.8, 4) is 0 Å².